The molecule has 1 atom stereocenters. The van der Waals surface area contributed by atoms with Gasteiger partial charge in [-0.25, -0.2) is 0 Å². The Hall–Kier alpha value is -3.45. The van der Waals surface area contributed by atoms with Crippen LogP contribution in [0.4, 0.5) is 0 Å². The summed E-state index contributed by atoms with van der Waals surface area (Å²) in [5.74, 6) is 0.363. The highest BCUT2D eigenvalue weighted by Crippen LogP contribution is 2.31. The summed E-state index contributed by atoms with van der Waals surface area (Å²) >= 11 is 6.13. The Balaban J connectivity index is 1.36. The zero-order valence-electron chi connectivity index (χ0n) is 14.5. The Morgan fingerprint density at radius 3 is 2.50 bits per heavy atom. The largest absolute Gasteiger partial charge is 0.485 e. The second-order valence-corrected chi connectivity index (χ2v) is 6.36. The van der Waals surface area contributed by atoms with E-state index in [2.05, 4.69) is 10.9 Å². The van der Waals surface area contributed by atoms with E-state index in [0.29, 0.717) is 27.8 Å². The van der Waals surface area contributed by atoms with Gasteiger partial charge in [0, 0.05) is 5.56 Å². The maximum atomic E-state index is 12.2. The van der Waals surface area contributed by atoms with Gasteiger partial charge in [-0.15, -0.1) is 0 Å². The lowest BCUT2D eigenvalue weighted by Crippen LogP contribution is -2.50. The van der Waals surface area contributed by atoms with Crippen LogP contribution in [0, 0.1) is 0 Å². The second kappa shape index (κ2) is 7.66. The molecule has 0 saturated heterocycles. The third-order valence-corrected chi connectivity index (χ3v) is 4.40. The van der Waals surface area contributed by atoms with Crippen LogP contribution < -0.4 is 20.3 Å². The number of nitrogens with one attached hydrogen (secondary N) is 2. The number of hydrogen-bond donors (Lipinski definition) is 2. The number of rotatable bonds is 3. The van der Waals surface area contributed by atoms with E-state index in [1.807, 2.05) is 12.1 Å². The molecule has 8 heteroatoms. The molecule has 28 heavy (non-hydrogen) atoms. The van der Waals surface area contributed by atoms with Crippen molar-refractivity contribution >= 4 is 23.4 Å². The molecular weight excluding hydrogens is 384 g/mol. The van der Waals surface area contributed by atoms with Crippen molar-refractivity contribution in [2.24, 2.45) is 0 Å². The van der Waals surface area contributed by atoms with E-state index in [-0.39, 0.29) is 12.4 Å². The van der Waals surface area contributed by atoms with Crippen LogP contribution >= 0.6 is 11.6 Å². The topological polar surface area (TPSA) is 89.8 Å². The summed E-state index contributed by atoms with van der Waals surface area (Å²) in [5.41, 5.74) is 5.28. The maximum absolute atomic E-state index is 12.2. The molecule has 3 aromatic rings. The van der Waals surface area contributed by atoms with Gasteiger partial charge in [0.05, 0.1) is 5.02 Å². The quantitative estimate of drug-likeness (QED) is 0.661. The fraction of sp³-hybridized carbons (Fsp3) is 0.100. The smallest absolute Gasteiger partial charge is 0.305 e. The third kappa shape index (κ3) is 3.65. The molecule has 0 spiro atoms. The molecule has 1 unspecified atom stereocenters. The molecule has 142 valence electrons. The summed E-state index contributed by atoms with van der Waals surface area (Å²) < 4.78 is 16.6. The number of halogens is 1. The number of carbonyl (C=O) groups is 2. The monoisotopic (exact) mass is 398 g/mol. The van der Waals surface area contributed by atoms with E-state index in [1.165, 1.54) is 6.07 Å². The first-order valence-corrected chi connectivity index (χ1v) is 8.83. The van der Waals surface area contributed by atoms with Gasteiger partial charge < -0.3 is 13.9 Å². The fourth-order valence-corrected chi connectivity index (χ4v) is 2.90. The molecule has 2 heterocycles. The minimum Gasteiger partial charge on any atom is -0.485 e. The molecule has 7 nitrogen and oxygen atoms in total. The van der Waals surface area contributed by atoms with E-state index in [4.69, 9.17) is 25.5 Å². The number of carbonyl (C=O) groups excluding carboxylic acids is 2. The SMILES string of the molecule is O=C(NNC(=O)C1COc2ccccc2O1)c1ccc(-c2ccccc2Cl)o1. The molecular formula is C20H15ClN2O5. The molecule has 1 aromatic heterocycles. The summed E-state index contributed by atoms with van der Waals surface area (Å²) in [5, 5.41) is 0.506. The van der Waals surface area contributed by atoms with Crippen LogP contribution in [0.25, 0.3) is 11.3 Å². The lowest BCUT2D eigenvalue weighted by Gasteiger charge is -2.25. The maximum Gasteiger partial charge on any atom is 0.305 e. The average molecular weight is 399 g/mol. The van der Waals surface area contributed by atoms with Crippen LogP contribution in [0.5, 0.6) is 11.5 Å². The number of furan rings is 1. The first-order chi connectivity index (χ1) is 13.6. The van der Waals surface area contributed by atoms with Gasteiger partial charge in [0.2, 0.25) is 6.10 Å². The molecule has 1 aliphatic heterocycles. The number of para-hydroxylation sites is 2. The third-order valence-electron chi connectivity index (χ3n) is 4.07. The Bertz CT molecular complexity index is 1030. The van der Waals surface area contributed by atoms with Gasteiger partial charge in [0.1, 0.15) is 12.4 Å². The Kier molecular flexibility index (Phi) is 4.90. The van der Waals surface area contributed by atoms with Crippen molar-refractivity contribution in [1.82, 2.24) is 10.9 Å². The highest BCUT2D eigenvalue weighted by atomic mass is 35.5. The number of ether oxygens (including phenoxy) is 2. The summed E-state index contributed by atoms with van der Waals surface area (Å²) in [6.45, 7) is 0.0378. The van der Waals surface area contributed by atoms with Crippen LogP contribution in [0.2, 0.25) is 5.02 Å². The summed E-state index contributed by atoms with van der Waals surface area (Å²) in [6, 6.07) is 17.3. The fourth-order valence-electron chi connectivity index (χ4n) is 2.67. The van der Waals surface area contributed by atoms with E-state index in [1.54, 1.807) is 42.5 Å². The second-order valence-electron chi connectivity index (χ2n) is 5.95. The van der Waals surface area contributed by atoms with Crippen molar-refractivity contribution in [2.75, 3.05) is 6.61 Å². The summed E-state index contributed by atoms with van der Waals surface area (Å²) in [7, 11) is 0. The predicted octanol–water partition coefficient (Wildman–Crippen LogP) is 3.20. The highest BCUT2D eigenvalue weighted by molar-refractivity contribution is 6.33. The lowest BCUT2D eigenvalue weighted by molar-refractivity contribution is -0.131. The molecule has 2 amide bonds. The van der Waals surface area contributed by atoms with Crippen LogP contribution in [0.3, 0.4) is 0 Å². The molecule has 0 aliphatic carbocycles. The van der Waals surface area contributed by atoms with Gasteiger partial charge >= 0.3 is 5.91 Å². The molecule has 0 fully saturated rings. The summed E-state index contributed by atoms with van der Waals surface area (Å²) in [6.07, 6.45) is -0.884. The highest BCUT2D eigenvalue weighted by Gasteiger charge is 2.27. The number of amides is 2. The molecule has 1 aliphatic rings. The number of hydrazine groups is 1. The zero-order valence-corrected chi connectivity index (χ0v) is 15.2. The summed E-state index contributed by atoms with van der Waals surface area (Å²) in [4.78, 5) is 24.5. The van der Waals surface area contributed by atoms with Crippen LogP contribution in [0.1, 0.15) is 10.6 Å². The molecule has 2 aromatic carbocycles. The molecule has 0 radical (unpaired) electrons. The van der Waals surface area contributed by atoms with Gasteiger partial charge in [-0.1, -0.05) is 35.9 Å². The number of hydrogen-bond acceptors (Lipinski definition) is 5. The zero-order chi connectivity index (χ0) is 19.5. The van der Waals surface area contributed by atoms with Crippen molar-refractivity contribution in [3.05, 3.63) is 71.4 Å². The minimum atomic E-state index is -0.884. The van der Waals surface area contributed by atoms with E-state index in [0.717, 1.165) is 0 Å². The molecule has 0 bridgehead atoms. The lowest BCUT2D eigenvalue weighted by atomic mass is 10.2. The van der Waals surface area contributed by atoms with E-state index < -0.39 is 17.9 Å². The molecule has 2 N–H and O–H groups in total. The standard InChI is InChI=1S/C20H15ClN2O5/c21-13-6-2-1-5-12(13)14-9-10-17(27-14)19(24)22-23-20(25)18-11-26-15-7-3-4-8-16(15)28-18/h1-10,18H,11H2,(H,22,24)(H,23,25). The van der Waals surface area contributed by atoms with Gasteiger partial charge in [-0.05, 0) is 36.4 Å². The van der Waals surface area contributed by atoms with E-state index >= 15 is 0 Å². The average Bonchev–Trinajstić information content (AvgIpc) is 3.22. The minimum absolute atomic E-state index is 0.0291. The van der Waals surface area contributed by atoms with Crippen molar-refractivity contribution in [3.8, 4) is 22.8 Å². The van der Waals surface area contributed by atoms with Crippen molar-refractivity contribution in [1.29, 1.82) is 0 Å². The van der Waals surface area contributed by atoms with Crippen molar-refractivity contribution in [3.63, 3.8) is 0 Å². The Morgan fingerprint density at radius 2 is 1.68 bits per heavy atom. The molecule has 0 saturated carbocycles. The Labute approximate surface area is 165 Å². The van der Waals surface area contributed by atoms with Crippen molar-refractivity contribution in [2.45, 2.75) is 6.10 Å². The van der Waals surface area contributed by atoms with Gasteiger partial charge in [-0.3, -0.25) is 20.4 Å². The van der Waals surface area contributed by atoms with Gasteiger partial charge in [0.15, 0.2) is 17.3 Å². The van der Waals surface area contributed by atoms with Crippen LogP contribution in [-0.4, -0.2) is 24.5 Å². The predicted molar refractivity (Wildman–Crippen MR) is 101 cm³/mol. The molecule has 4 rings (SSSR count). The van der Waals surface area contributed by atoms with Crippen LogP contribution in [0.15, 0.2) is 65.1 Å². The first kappa shape index (κ1) is 17.9. The Morgan fingerprint density at radius 1 is 0.929 bits per heavy atom. The van der Waals surface area contributed by atoms with Gasteiger partial charge in [-0.2, -0.15) is 0 Å². The van der Waals surface area contributed by atoms with Gasteiger partial charge in [0.25, 0.3) is 5.91 Å². The first-order valence-electron chi connectivity index (χ1n) is 8.45. The number of benzene rings is 2. The van der Waals surface area contributed by atoms with Crippen molar-refractivity contribution < 1.29 is 23.5 Å². The number of fused-ring (bicyclic) bond motifs is 1. The van der Waals surface area contributed by atoms with E-state index in [9.17, 15) is 9.59 Å². The normalized spacial score (nSPS) is 15.0. The van der Waals surface area contributed by atoms with Crippen LogP contribution in [-0.2, 0) is 4.79 Å².